The molecule has 1 fully saturated rings. The number of nitrogens with two attached hydrogens (primary N) is 1. The van der Waals surface area contributed by atoms with Crippen LogP contribution in [0.5, 0.6) is 0 Å². The zero-order valence-electron chi connectivity index (χ0n) is 6.52. The summed E-state index contributed by atoms with van der Waals surface area (Å²) in [7, 11) is 0. The Balaban J connectivity index is 2.33. The Morgan fingerprint density at radius 1 is 1.67 bits per heavy atom. The molecule has 3 N–H and O–H groups in total. The molecule has 0 aromatic rings. The van der Waals surface area contributed by atoms with Crippen molar-refractivity contribution in [2.45, 2.75) is 12.3 Å². The van der Waals surface area contributed by atoms with Gasteiger partial charge in [0.1, 0.15) is 0 Å². The van der Waals surface area contributed by atoms with Crippen LogP contribution in [-0.2, 0) is 4.79 Å². The first-order valence-electron chi connectivity index (χ1n) is 3.63. The zero-order valence-corrected chi connectivity index (χ0v) is 6.52. The van der Waals surface area contributed by atoms with Gasteiger partial charge < -0.3 is 0 Å². The second-order valence-corrected chi connectivity index (χ2v) is 2.88. The summed E-state index contributed by atoms with van der Waals surface area (Å²) in [5.74, 6) is 1.72. The highest BCUT2D eigenvalue weighted by molar-refractivity contribution is 5.77. The van der Waals surface area contributed by atoms with Crippen LogP contribution in [0, 0.1) is 0 Å². The molecule has 1 amide bonds. The lowest BCUT2D eigenvalue weighted by Crippen LogP contribution is -2.40. The molecule has 70 valence electrons. The molecular weight excluding hydrogens is 168 g/mol. The van der Waals surface area contributed by atoms with Crippen LogP contribution in [-0.4, -0.2) is 36.4 Å². The van der Waals surface area contributed by atoms with E-state index in [2.05, 4.69) is 0 Å². The van der Waals surface area contributed by atoms with E-state index in [0.29, 0.717) is 0 Å². The van der Waals surface area contributed by atoms with Crippen molar-refractivity contribution in [2.75, 3.05) is 19.6 Å². The minimum Gasteiger partial charge on any atom is -0.293 e. The number of hydrogen-bond donors (Lipinski definition) is 2. The van der Waals surface area contributed by atoms with Gasteiger partial charge in [0.05, 0.1) is 13.1 Å². The molecule has 0 aliphatic carbocycles. The third-order valence-electron chi connectivity index (χ3n) is 1.78. The highest BCUT2D eigenvalue weighted by atomic mass is 19.3. The molecular formula is C6H11F2N3O. The number of nitrogens with zero attached hydrogens (tertiary/aromatic N) is 1. The number of likely N-dealkylation sites (tertiary alicyclic amines) is 1. The second-order valence-electron chi connectivity index (χ2n) is 2.88. The number of carbonyl (C=O) groups is 1. The fourth-order valence-corrected chi connectivity index (χ4v) is 1.19. The first-order valence-corrected chi connectivity index (χ1v) is 3.63. The second kappa shape index (κ2) is 3.32. The maximum absolute atomic E-state index is 12.5. The minimum atomic E-state index is -2.64. The van der Waals surface area contributed by atoms with Crippen LogP contribution in [0.4, 0.5) is 8.78 Å². The minimum absolute atomic E-state index is 0.0495. The summed E-state index contributed by atoms with van der Waals surface area (Å²) < 4.78 is 25.1. The van der Waals surface area contributed by atoms with E-state index in [1.807, 2.05) is 5.43 Å². The molecule has 0 spiro atoms. The quantitative estimate of drug-likeness (QED) is 0.335. The summed E-state index contributed by atoms with van der Waals surface area (Å²) in [5, 5.41) is 0. The van der Waals surface area contributed by atoms with Crippen molar-refractivity contribution in [3.05, 3.63) is 0 Å². The maximum Gasteiger partial charge on any atom is 0.261 e. The number of hydrogen-bond acceptors (Lipinski definition) is 3. The molecule has 1 aliphatic heterocycles. The van der Waals surface area contributed by atoms with Crippen LogP contribution in [0.1, 0.15) is 6.42 Å². The summed E-state index contributed by atoms with van der Waals surface area (Å²) in [6.07, 6.45) is -0.176. The number of alkyl halides is 2. The highest BCUT2D eigenvalue weighted by Crippen LogP contribution is 2.26. The molecule has 1 rings (SSSR count). The lowest BCUT2D eigenvalue weighted by molar-refractivity contribution is -0.122. The van der Waals surface area contributed by atoms with Gasteiger partial charge in [0.2, 0.25) is 5.91 Å². The van der Waals surface area contributed by atoms with Crippen LogP contribution >= 0.6 is 0 Å². The molecule has 0 aromatic carbocycles. The van der Waals surface area contributed by atoms with Crippen LogP contribution in [0.15, 0.2) is 0 Å². The maximum atomic E-state index is 12.5. The zero-order chi connectivity index (χ0) is 9.19. The van der Waals surface area contributed by atoms with Crippen LogP contribution < -0.4 is 11.3 Å². The molecule has 0 atom stereocenters. The van der Waals surface area contributed by atoms with Gasteiger partial charge in [-0.25, -0.2) is 14.6 Å². The molecule has 0 bridgehead atoms. The molecule has 0 aromatic heterocycles. The van der Waals surface area contributed by atoms with E-state index in [1.165, 1.54) is 4.90 Å². The predicted molar refractivity (Wildman–Crippen MR) is 38.3 cm³/mol. The third-order valence-corrected chi connectivity index (χ3v) is 1.78. The van der Waals surface area contributed by atoms with E-state index in [1.54, 1.807) is 0 Å². The van der Waals surface area contributed by atoms with Gasteiger partial charge in [-0.15, -0.1) is 0 Å². The van der Waals surface area contributed by atoms with Gasteiger partial charge in [0.15, 0.2) is 0 Å². The van der Waals surface area contributed by atoms with Gasteiger partial charge in [0.25, 0.3) is 5.92 Å². The van der Waals surface area contributed by atoms with Gasteiger partial charge in [-0.3, -0.25) is 15.1 Å². The molecule has 4 nitrogen and oxygen atoms in total. The number of halogens is 2. The summed E-state index contributed by atoms with van der Waals surface area (Å²) in [4.78, 5) is 12.0. The largest absolute Gasteiger partial charge is 0.293 e. The van der Waals surface area contributed by atoms with Crippen LogP contribution in [0.25, 0.3) is 0 Å². The number of amides is 1. The molecule has 0 unspecified atom stereocenters. The highest BCUT2D eigenvalue weighted by Gasteiger charge is 2.38. The van der Waals surface area contributed by atoms with Crippen molar-refractivity contribution in [2.24, 2.45) is 5.84 Å². The molecule has 12 heavy (non-hydrogen) atoms. The smallest absolute Gasteiger partial charge is 0.261 e. The topological polar surface area (TPSA) is 58.4 Å². The SMILES string of the molecule is NNC(=O)CN1CCC(F)(F)C1. The van der Waals surface area contributed by atoms with E-state index in [-0.39, 0.29) is 26.1 Å². The van der Waals surface area contributed by atoms with Gasteiger partial charge >= 0.3 is 0 Å². The predicted octanol–water partition coefficient (Wildman–Crippen LogP) is -0.683. The van der Waals surface area contributed by atoms with Gasteiger partial charge in [-0.05, 0) is 0 Å². The van der Waals surface area contributed by atoms with Crippen molar-refractivity contribution >= 4 is 5.91 Å². The van der Waals surface area contributed by atoms with Crippen molar-refractivity contribution in [3.63, 3.8) is 0 Å². The van der Waals surface area contributed by atoms with Crippen molar-refractivity contribution < 1.29 is 13.6 Å². The summed E-state index contributed by atoms with van der Waals surface area (Å²) in [6.45, 7) is -0.146. The lowest BCUT2D eigenvalue weighted by Gasteiger charge is -2.13. The molecule has 1 aliphatic rings. The normalized spacial score (nSPS) is 22.6. The van der Waals surface area contributed by atoms with E-state index in [4.69, 9.17) is 5.84 Å². The Bertz CT molecular complexity index is 186. The van der Waals surface area contributed by atoms with Crippen molar-refractivity contribution in [3.8, 4) is 0 Å². The molecule has 1 heterocycles. The van der Waals surface area contributed by atoms with Crippen molar-refractivity contribution in [1.82, 2.24) is 10.3 Å². The first-order chi connectivity index (χ1) is 5.53. The Hall–Kier alpha value is -0.750. The number of hydrazine groups is 1. The standard InChI is InChI=1S/C6H11F2N3O/c7-6(8)1-2-11(4-6)3-5(12)10-9/h1-4,9H2,(H,10,12). The number of rotatable bonds is 2. The molecule has 1 saturated heterocycles. The third kappa shape index (κ3) is 2.38. The summed E-state index contributed by atoms with van der Waals surface area (Å²) >= 11 is 0. The van der Waals surface area contributed by atoms with Crippen LogP contribution in [0.3, 0.4) is 0 Å². The Morgan fingerprint density at radius 3 is 2.75 bits per heavy atom. The first kappa shape index (κ1) is 9.34. The molecule has 6 heteroatoms. The summed E-state index contributed by atoms with van der Waals surface area (Å²) in [6, 6.07) is 0. The van der Waals surface area contributed by atoms with E-state index < -0.39 is 11.8 Å². The average Bonchev–Trinajstić information content (AvgIpc) is 2.30. The fourth-order valence-electron chi connectivity index (χ4n) is 1.19. The number of carbonyl (C=O) groups excluding carboxylic acids is 1. The molecule has 0 saturated carbocycles. The van der Waals surface area contributed by atoms with Gasteiger partial charge in [-0.1, -0.05) is 0 Å². The molecule has 0 radical (unpaired) electrons. The monoisotopic (exact) mass is 179 g/mol. The fraction of sp³-hybridized carbons (Fsp3) is 0.833. The van der Waals surface area contributed by atoms with Gasteiger partial charge in [-0.2, -0.15) is 0 Å². The van der Waals surface area contributed by atoms with E-state index >= 15 is 0 Å². The summed E-state index contributed by atoms with van der Waals surface area (Å²) in [5.41, 5.74) is 1.89. The van der Waals surface area contributed by atoms with E-state index in [9.17, 15) is 13.6 Å². The van der Waals surface area contributed by atoms with Crippen molar-refractivity contribution in [1.29, 1.82) is 0 Å². The Labute approximate surface area is 68.7 Å². The Kier molecular flexibility index (Phi) is 2.58. The number of nitrogens with one attached hydrogen (secondary N) is 1. The average molecular weight is 179 g/mol. The van der Waals surface area contributed by atoms with Gasteiger partial charge in [0, 0.05) is 13.0 Å². The van der Waals surface area contributed by atoms with Crippen LogP contribution in [0.2, 0.25) is 0 Å². The lowest BCUT2D eigenvalue weighted by atomic mass is 10.3. The van der Waals surface area contributed by atoms with E-state index in [0.717, 1.165) is 0 Å². The Morgan fingerprint density at radius 2 is 2.33 bits per heavy atom.